The van der Waals surface area contributed by atoms with Crippen molar-refractivity contribution in [3.05, 3.63) is 35.7 Å². The van der Waals surface area contributed by atoms with E-state index < -0.39 is 11.6 Å². The van der Waals surface area contributed by atoms with Gasteiger partial charge in [0.2, 0.25) is 11.7 Å². The summed E-state index contributed by atoms with van der Waals surface area (Å²) in [6.45, 7) is 6.85. The Hall–Kier alpha value is -1.82. The fourth-order valence-corrected chi connectivity index (χ4v) is 1.89. The molecule has 0 bridgehead atoms. The molecular weight excluding hydrogens is 264 g/mol. The second-order valence-electron chi connectivity index (χ2n) is 4.72. The first kappa shape index (κ1) is 14.6. The summed E-state index contributed by atoms with van der Waals surface area (Å²) in [6, 6.07) is 3.71. The zero-order valence-corrected chi connectivity index (χ0v) is 11.7. The molecule has 2 aromatic rings. The van der Waals surface area contributed by atoms with Gasteiger partial charge in [-0.05, 0) is 31.7 Å². The molecule has 0 saturated heterocycles. The van der Waals surface area contributed by atoms with E-state index in [4.69, 9.17) is 4.52 Å². The topological polar surface area (TPSA) is 51.0 Å². The second kappa shape index (κ2) is 6.09. The van der Waals surface area contributed by atoms with E-state index in [1.807, 2.05) is 20.8 Å². The van der Waals surface area contributed by atoms with Crippen LogP contribution < -0.4 is 5.32 Å². The highest BCUT2D eigenvalue weighted by atomic mass is 19.2. The summed E-state index contributed by atoms with van der Waals surface area (Å²) in [5, 5.41) is 7.09. The Labute approximate surface area is 116 Å². The molecular formula is C14H17F2N3O. The van der Waals surface area contributed by atoms with Crippen LogP contribution >= 0.6 is 0 Å². The third-order valence-electron chi connectivity index (χ3n) is 3.29. The first-order valence-corrected chi connectivity index (χ1v) is 6.55. The Kier molecular flexibility index (Phi) is 4.44. The van der Waals surface area contributed by atoms with Crippen LogP contribution in [0.3, 0.4) is 0 Å². The highest BCUT2D eigenvalue weighted by Crippen LogP contribution is 2.23. The van der Waals surface area contributed by atoms with E-state index in [2.05, 4.69) is 15.5 Å². The van der Waals surface area contributed by atoms with E-state index in [0.29, 0.717) is 11.5 Å². The molecule has 0 radical (unpaired) electrons. The molecule has 0 aliphatic rings. The van der Waals surface area contributed by atoms with Crippen LogP contribution in [-0.4, -0.2) is 22.7 Å². The highest BCUT2D eigenvalue weighted by Gasteiger charge is 2.20. The molecule has 1 aromatic carbocycles. The lowest BCUT2D eigenvalue weighted by molar-refractivity contribution is 0.332. The van der Waals surface area contributed by atoms with Gasteiger partial charge in [-0.15, -0.1) is 0 Å². The zero-order valence-electron chi connectivity index (χ0n) is 11.7. The fourth-order valence-electron chi connectivity index (χ4n) is 1.89. The third-order valence-corrected chi connectivity index (χ3v) is 3.29. The van der Waals surface area contributed by atoms with Crippen molar-refractivity contribution in [1.29, 1.82) is 0 Å². The van der Waals surface area contributed by atoms with Crippen molar-refractivity contribution in [2.24, 2.45) is 0 Å². The largest absolute Gasteiger partial charge is 0.339 e. The molecule has 0 aliphatic carbocycles. The SMILES string of the molecule is CCNC(C)C(C)c1nc(-c2ccc(F)c(F)c2)no1. The minimum atomic E-state index is -0.928. The molecule has 1 N–H and O–H groups in total. The van der Waals surface area contributed by atoms with Gasteiger partial charge >= 0.3 is 0 Å². The number of nitrogens with one attached hydrogen (secondary N) is 1. The normalized spacial score (nSPS) is 14.2. The molecule has 1 heterocycles. The lowest BCUT2D eigenvalue weighted by Gasteiger charge is -2.16. The molecule has 1 aromatic heterocycles. The van der Waals surface area contributed by atoms with Crippen LogP contribution in [0.1, 0.15) is 32.6 Å². The average molecular weight is 281 g/mol. The predicted octanol–water partition coefficient (Wildman–Crippen LogP) is 3.12. The maximum absolute atomic E-state index is 13.2. The Bertz CT molecular complexity index is 586. The van der Waals surface area contributed by atoms with Gasteiger partial charge in [0.25, 0.3) is 0 Å². The van der Waals surface area contributed by atoms with Gasteiger partial charge in [0.15, 0.2) is 11.6 Å². The maximum atomic E-state index is 13.2. The van der Waals surface area contributed by atoms with Gasteiger partial charge in [-0.1, -0.05) is 19.0 Å². The van der Waals surface area contributed by atoms with Gasteiger partial charge in [0, 0.05) is 11.6 Å². The van der Waals surface area contributed by atoms with E-state index >= 15 is 0 Å². The lowest BCUT2D eigenvalue weighted by Crippen LogP contribution is -2.30. The summed E-state index contributed by atoms with van der Waals surface area (Å²) in [6.07, 6.45) is 0. The number of hydrogen-bond donors (Lipinski definition) is 1. The smallest absolute Gasteiger partial charge is 0.231 e. The van der Waals surface area contributed by atoms with Crippen molar-refractivity contribution in [2.45, 2.75) is 32.7 Å². The molecule has 0 spiro atoms. The average Bonchev–Trinajstić information content (AvgIpc) is 2.91. The Morgan fingerprint density at radius 2 is 2.00 bits per heavy atom. The molecule has 2 atom stereocenters. The van der Waals surface area contributed by atoms with Crippen molar-refractivity contribution in [3.8, 4) is 11.4 Å². The van der Waals surface area contributed by atoms with Crippen LogP contribution in [0.25, 0.3) is 11.4 Å². The summed E-state index contributed by atoms with van der Waals surface area (Å²) in [4.78, 5) is 4.25. The minimum absolute atomic E-state index is 0.0292. The molecule has 6 heteroatoms. The van der Waals surface area contributed by atoms with Crippen molar-refractivity contribution in [2.75, 3.05) is 6.54 Å². The molecule has 0 fully saturated rings. The molecule has 0 amide bonds. The molecule has 108 valence electrons. The van der Waals surface area contributed by atoms with Crippen LogP contribution in [0.15, 0.2) is 22.7 Å². The highest BCUT2D eigenvalue weighted by molar-refractivity contribution is 5.54. The number of hydrogen-bond acceptors (Lipinski definition) is 4. The standard InChI is InChI=1S/C14H17F2N3O/c1-4-17-9(3)8(2)14-18-13(19-20-14)10-5-6-11(15)12(16)7-10/h5-9,17H,4H2,1-3H3. The van der Waals surface area contributed by atoms with Crippen molar-refractivity contribution < 1.29 is 13.3 Å². The number of nitrogens with zero attached hydrogens (tertiary/aromatic N) is 2. The molecule has 2 rings (SSSR count). The predicted molar refractivity (Wildman–Crippen MR) is 71.2 cm³/mol. The number of halogens is 2. The molecule has 0 aliphatic heterocycles. The zero-order chi connectivity index (χ0) is 14.7. The van der Waals surface area contributed by atoms with E-state index in [1.165, 1.54) is 6.07 Å². The molecule has 4 nitrogen and oxygen atoms in total. The fraction of sp³-hybridized carbons (Fsp3) is 0.429. The van der Waals surface area contributed by atoms with Gasteiger partial charge in [-0.3, -0.25) is 0 Å². The Balaban J connectivity index is 2.22. The summed E-state index contributed by atoms with van der Waals surface area (Å²) in [5.41, 5.74) is 0.391. The molecule has 0 saturated carbocycles. The van der Waals surface area contributed by atoms with Crippen LogP contribution in [0.2, 0.25) is 0 Å². The van der Waals surface area contributed by atoms with Crippen LogP contribution in [-0.2, 0) is 0 Å². The first-order chi connectivity index (χ1) is 9.52. The van der Waals surface area contributed by atoms with Gasteiger partial charge in [0.1, 0.15) is 0 Å². The Morgan fingerprint density at radius 1 is 1.25 bits per heavy atom. The van der Waals surface area contributed by atoms with Crippen LogP contribution in [0, 0.1) is 11.6 Å². The van der Waals surface area contributed by atoms with E-state index in [0.717, 1.165) is 18.7 Å². The second-order valence-corrected chi connectivity index (χ2v) is 4.72. The van der Waals surface area contributed by atoms with E-state index in [9.17, 15) is 8.78 Å². The number of aromatic nitrogens is 2. The van der Waals surface area contributed by atoms with Crippen molar-refractivity contribution in [1.82, 2.24) is 15.5 Å². The maximum Gasteiger partial charge on any atom is 0.231 e. The minimum Gasteiger partial charge on any atom is -0.339 e. The number of benzene rings is 1. The number of likely N-dealkylation sites (N-methyl/N-ethyl adjacent to an activating group) is 1. The van der Waals surface area contributed by atoms with Gasteiger partial charge in [0.05, 0.1) is 5.92 Å². The monoisotopic (exact) mass is 281 g/mol. The summed E-state index contributed by atoms with van der Waals surface area (Å²) in [7, 11) is 0. The lowest BCUT2D eigenvalue weighted by atomic mass is 10.0. The Morgan fingerprint density at radius 3 is 2.65 bits per heavy atom. The van der Waals surface area contributed by atoms with E-state index in [-0.39, 0.29) is 17.8 Å². The summed E-state index contributed by atoms with van der Waals surface area (Å²) >= 11 is 0. The van der Waals surface area contributed by atoms with Crippen LogP contribution in [0.4, 0.5) is 8.78 Å². The summed E-state index contributed by atoms with van der Waals surface area (Å²) in [5.74, 6) is -1.07. The van der Waals surface area contributed by atoms with Gasteiger partial charge in [-0.25, -0.2) is 8.78 Å². The van der Waals surface area contributed by atoms with E-state index in [1.54, 1.807) is 0 Å². The third kappa shape index (κ3) is 3.01. The van der Waals surface area contributed by atoms with Gasteiger partial charge in [-0.2, -0.15) is 4.98 Å². The first-order valence-electron chi connectivity index (χ1n) is 6.55. The molecule has 2 unspecified atom stereocenters. The molecule has 20 heavy (non-hydrogen) atoms. The number of rotatable bonds is 5. The van der Waals surface area contributed by atoms with Crippen LogP contribution in [0.5, 0.6) is 0 Å². The summed E-state index contributed by atoms with van der Waals surface area (Å²) < 4.78 is 31.3. The quantitative estimate of drug-likeness (QED) is 0.915. The van der Waals surface area contributed by atoms with Crippen molar-refractivity contribution in [3.63, 3.8) is 0 Å². The van der Waals surface area contributed by atoms with Crippen molar-refractivity contribution >= 4 is 0 Å². The van der Waals surface area contributed by atoms with Gasteiger partial charge < -0.3 is 9.84 Å².